The zero-order valence-electron chi connectivity index (χ0n) is 17.0. The maximum absolute atomic E-state index is 14.0. The topological polar surface area (TPSA) is 58.6 Å². The third-order valence-electron chi connectivity index (χ3n) is 5.60. The molecule has 4 rings (SSSR count). The van der Waals surface area contributed by atoms with Crippen LogP contribution in [-0.4, -0.2) is 36.9 Å². The van der Waals surface area contributed by atoms with E-state index in [4.69, 9.17) is 16.3 Å². The Bertz CT molecular complexity index is 1150. The lowest BCUT2D eigenvalue weighted by Gasteiger charge is -2.32. The molecule has 3 aromatic rings. The molecule has 1 aliphatic rings. The molecule has 0 radical (unpaired) electrons. The average Bonchev–Trinajstić information content (AvgIpc) is 2.79. The number of nitrogens with one attached hydrogen (secondary N) is 1. The van der Waals surface area contributed by atoms with E-state index >= 15 is 0 Å². The van der Waals surface area contributed by atoms with E-state index in [1.54, 1.807) is 24.1 Å². The summed E-state index contributed by atoms with van der Waals surface area (Å²) in [6.45, 7) is 0.846. The predicted octanol–water partition coefficient (Wildman–Crippen LogP) is 5.13. The van der Waals surface area contributed by atoms with Gasteiger partial charge in [-0.2, -0.15) is 0 Å². The Kier molecular flexibility index (Phi) is 6.09. The van der Waals surface area contributed by atoms with Crippen LogP contribution in [0, 0.1) is 11.7 Å². The molecule has 7 heteroatoms. The van der Waals surface area contributed by atoms with Crippen LogP contribution in [0.1, 0.15) is 23.2 Å². The normalized spacial score (nSPS) is 16.2. The van der Waals surface area contributed by atoms with E-state index in [1.807, 2.05) is 24.3 Å². The Morgan fingerprint density at radius 1 is 1.13 bits per heavy atom. The summed E-state index contributed by atoms with van der Waals surface area (Å²) < 4.78 is 19.5. The number of hydrogen-bond donors (Lipinski definition) is 1. The number of carbonyl (C=O) groups is 2. The van der Waals surface area contributed by atoms with E-state index in [2.05, 4.69) is 5.32 Å². The van der Waals surface area contributed by atoms with Crippen molar-refractivity contribution in [1.82, 2.24) is 4.90 Å². The molecule has 1 saturated heterocycles. The lowest BCUT2D eigenvalue weighted by molar-refractivity contribution is -0.121. The minimum absolute atomic E-state index is 0.0824. The number of likely N-dealkylation sites (tertiary alicyclic amines) is 1. The van der Waals surface area contributed by atoms with Crippen LogP contribution in [0.15, 0.2) is 54.6 Å². The standard InChI is InChI=1S/C24H22ClFN2O3/c1-31-22-11-9-19(17-6-2-3-7-18(17)22)24(30)28-12-4-5-15(14-28)23(29)27-21-10-8-16(25)13-20(21)26/h2-3,6-11,13,15H,4-5,12,14H2,1H3,(H,27,29)/t15-/m1/s1. The van der Waals surface area contributed by atoms with E-state index in [0.717, 1.165) is 16.8 Å². The number of fused-ring (bicyclic) bond motifs is 1. The zero-order chi connectivity index (χ0) is 22.0. The van der Waals surface area contributed by atoms with Crippen LogP contribution in [0.4, 0.5) is 10.1 Å². The van der Waals surface area contributed by atoms with Gasteiger partial charge in [-0.15, -0.1) is 0 Å². The zero-order valence-corrected chi connectivity index (χ0v) is 17.8. The van der Waals surface area contributed by atoms with E-state index < -0.39 is 11.7 Å². The molecule has 160 valence electrons. The average molecular weight is 441 g/mol. The Hall–Kier alpha value is -3.12. The van der Waals surface area contributed by atoms with Crippen LogP contribution < -0.4 is 10.1 Å². The van der Waals surface area contributed by atoms with Gasteiger partial charge in [-0.25, -0.2) is 4.39 Å². The molecule has 3 aromatic carbocycles. The van der Waals surface area contributed by atoms with Crippen molar-refractivity contribution in [1.29, 1.82) is 0 Å². The molecule has 1 N–H and O–H groups in total. The van der Waals surface area contributed by atoms with Gasteiger partial charge in [0.2, 0.25) is 5.91 Å². The first kappa shape index (κ1) is 21.1. The molecule has 0 aromatic heterocycles. The number of halogens is 2. The molecule has 1 fully saturated rings. The fraction of sp³-hybridized carbons (Fsp3) is 0.250. The Labute approximate surface area is 184 Å². The smallest absolute Gasteiger partial charge is 0.254 e. The number of anilines is 1. The number of carbonyl (C=O) groups excluding carboxylic acids is 2. The third-order valence-corrected chi connectivity index (χ3v) is 5.84. The molecular formula is C24H22ClFN2O3. The molecule has 31 heavy (non-hydrogen) atoms. The largest absolute Gasteiger partial charge is 0.496 e. The highest BCUT2D eigenvalue weighted by Crippen LogP contribution is 2.30. The minimum atomic E-state index is -0.589. The quantitative estimate of drug-likeness (QED) is 0.611. The molecule has 0 saturated carbocycles. The summed E-state index contributed by atoms with van der Waals surface area (Å²) >= 11 is 5.77. The lowest BCUT2D eigenvalue weighted by atomic mass is 9.95. The number of benzene rings is 3. The van der Waals surface area contributed by atoms with Gasteiger partial charge in [0.05, 0.1) is 18.7 Å². The van der Waals surface area contributed by atoms with E-state index in [1.165, 1.54) is 12.1 Å². The molecule has 0 spiro atoms. The van der Waals surface area contributed by atoms with Crippen molar-refractivity contribution in [2.45, 2.75) is 12.8 Å². The highest BCUT2D eigenvalue weighted by atomic mass is 35.5. The first-order chi connectivity index (χ1) is 15.0. The van der Waals surface area contributed by atoms with Crippen molar-refractivity contribution in [2.75, 3.05) is 25.5 Å². The Morgan fingerprint density at radius 2 is 1.90 bits per heavy atom. The van der Waals surface area contributed by atoms with Crippen LogP contribution in [-0.2, 0) is 4.79 Å². The minimum Gasteiger partial charge on any atom is -0.496 e. The monoisotopic (exact) mass is 440 g/mol. The molecule has 0 bridgehead atoms. The molecule has 2 amide bonds. The van der Waals surface area contributed by atoms with Gasteiger partial charge in [0.25, 0.3) is 5.91 Å². The highest BCUT2D eigenvalue weighted by Gasteiger charge is 2.30. The number of nitrogens with zero attached hydrogens (tertiary/aromatic N) is 1. The fourth-order valence-corrected chi connectivity index (χ4v) is 4.17. The second kappa shape index (κ2) is 8.94. The van der Waals surface area contributed by atoms with E-state index in [-0.39, 0.29) is 29.1 Å². The van der Waals surface area contributed by atoms with Crippen LogP contribution in [0.5, 0.6) is 5.75 Å². The summed E-state index contributed by atoms with van der Waals surface area (Å²) in [5.41, 5.74) is 0.653. The second-order valence-corrected chi connectivity index (χ2v) is 8.00. The van der Waals surface area contributed by atoms with Crippen molar-refractivity contribution >= 4 is 39.9 Å². The van der Waals surface area contributed by atoms with Crippen molar-refractivity contribution in [2.24, 2.45) is 5.92 Å². The van der Waals surface area contributed by atoms with Crippen LogP contribution in [0.3, 0.4) is 0 Å². The number of piperidine rings is 1. The van der Waals surface area contributed by atoms with Crippen LogP contribution in [0.2, 0.25) is 5.02 Å². The maximum atomic E-state index is 14.0. The summed E-state index contributed by atoms with van der Waals surface area (Å²) in [5.74, 6) is -0.744. The molecule has 5 nitrogen and oxygen atoms in total. The van der Waals surface area contributed by atoms with Crippen molar-refractivity contribution < 1.29 is 18.7 Å². The number of rotatable bonds is 4. The fourth-order valence-electron chi connectivity index (χ4n) is 4.01. The van der Waals surface area contributed by atoms with E-state index in [0.29, 0.717) is 30.7 Å². The molecule has 1 heterocycles. The van der Waals surface area contributed by atoms with Gasteiger partial charge >= 0.3 is 0 Å². The van der Waals surface area contributed by atoms with Gasteiger partial charge in [-0.05, 0) is 48.6 Å². The summed E-state index contributed by atoms with van der Waals surface area (Å²) in [6.07, 6.45) is 1.33. The summed E-state index contributed by atoms with van der Waals surface area (Å²) in [6, 6.07) is 15.2. The van der Waals surface area contributed by atoms with Crippen molar-refractivity contribution in [3.8, 4) is 5.75 Å². The molecule has 1 aliphatic heterocycles. The summed E-state index contributed by atoms with van der Waals surface area (Å²) in [4.78, 5) is 27.7. The van der Waals surface area contributed by atoms with Crippen molar-refractivity contribution in [3.05, 3.63) is 71.0 Å². The van der Waals surface area contributed by atoms with Gasteiger partial charge in [0.1, 0.15) is 11.6 Å². The number of hydrogen-bond acceptors (Lipinski definition) is 3. The van der Waals surface area contributed by atoms with Gasteiger partial charge < -0.3 is 15.0 Å². The molecule has 1 atom stereocenters. The molecular weight excluding hydrogens is 419 g/mol. The SMILES string of the molecule is COc1ccc(C(=O)N2CCC[C@@H](C(=O)Nc3ccc(Cl)cc3F)C2)c2ccccc12. The summed E-state index contributed by atoms with van der Waals surface area (Å²) in [7, 11) is 1.60. The number of methoxy groups -OCH3 is 1. The first-order valence-corrected chi connectivity index (χ1v) is 10.5. The first-order valence-electron chi connectivity index (χ1n) is 10.1. The number of amides is 2. The molecule has 0 aliphatic carbocycles. The predicted molar refractivity (Wildman–Crippen MR) is 119 cm³/mol. The van der Waals surface area contributed by atoms with E-state index in [9.17, 15) is 14.0 Å². The summed E-state index contributed by atoms with van der Waals surface area (Å²) in [5, 5.41) is 4.55. The van der Waals surface area contributed by atoms with Gasteiger partial charge in [0, 0.05) is 29.1 Å². The van der Waals surface area contributed by atoms with Gasteiger partial charge in [-0.3, -0.25) is 9.59 Å². The van der Waals surface area contributed by atoms with Crippen LogP contribution >= 0.6 is 11.6 Å². The Balaban J connectivity index is 1.53. The lowest BCUT2D eigenvalue weighted by Crippen LogP contribution is -2.43. The molecule has 0 unspecified atom stereocenters. The maximum Gasteiger partial charge on any atom is 0.254 e. The third kappa shape index (κ3) is 4.35. The van der Waals surface area contributed by atoms with Gasteiger partial charge in [-0.1, -0.05) is 35.9 Å². The Morgan fingerprint density at radius 3 is 2.65 bits per heavy atom. The second-order valence-electron chi connectivity index (χ2n) is 7.56. The van der Waals surface area contributed by atoms with Gasteiger partial charge in [0.15, 0.2) is 0 Å². The van der Waals surface area contributed by atoms with Crippen molar-refractivity contribution in [3.63, 3.8) is 0 Å². The highest BCUT2D eigenvalue weighted by molar-refractivity contribution is 6.30. The number of ether oxygens (including phenoxy) is 1. The van der Waals surface area contributed by atoms with Crippen LogP contribution in [0.25, 0.3) is 10.8 Å².